The van der Waals surface area contributed by atoms with Gasteiger partial charge in [0.15, 0.2) is 11.9 Å². The van der Waals surface area contributed by atoms with Crippen molar-refractivity contribution < 1.29 is 14.6 Å². The van der Waals surface area contributed by atoms with Crippen LogP contribution >= 0.6 is 7.72 Å². The van der Waals surface area contributed by atoms with Gasteiger partial charge in [-0.05, 0) is 30.2 Å². The van der Waals surface area contributed by atoms with E-state index in [0.717, 1.165) is 11.1 Å². The molecule has 0 fully saturated rings. The molecule has 5 nitrogen and oxygen atoms in total. The maximum atomic E-state index is 12.1. The highest BCUT2D eigenvalue weighted by Crippen LogP contribution is 2.52. The van der Waals surface area contributed by atoms with Crippen LogP contribution in [-0.4, -0.2) is 28.3 Å². The predicted molar refractivity (Wildman–Crippen MR) is 99.0 cm³/mol. The van der Waals surface area contributed by atoms with Crippen LogP contribution in [0.25, 0.3) is 0 Å². The van der Waals surface area contributed by atoms with Crippen LogP contribution < -0.4 is 5.32 Å². The van der Waals surface area contributed by atoms with Crippen LogP contribution in [0.5, 0.6) is 0 Å². The Hall–Kier alpha value is -2.09. The zero-order valence-corrected chi connectivity index (χ0v) is 15.0. The van der Waals surface area contributed by atoms with Crippen LogP contribution in [0.2, 0.25) is 0 Å². The summed E-state index contributed by atoms with van der Waals surface area (Å²) in [4.78, 5) is 32.4. The van der Waals surface area contributed by atoms with Crippen molar-refractivity contribution >= 4 is 13.5 Å². The lowest BCUT2D eigenvalue weighted by atomic mass is 10.1. The molecule has 25 heavy (non-hydrogen) atoms. The molecule has 0 aliphatic carbocycles. The molecule has 1 atom stereocenters. The molecule has 0 aliphatic rings. The number of hydrogen-bond donors (Lipinski definition) is 3. The number of hydrogen-bond acceptors (Lipinski definition) is 5. The van der Waals surface area contributed by atoms with Crippen LogP contribution in [0.4, 0.5) is 0 Å². The average molecular weight is 357 g/mol. The van der Waals surface area contributed by atoms with Crippen molar-refractivity contribution in [2.45, 2.75) is 19.1 Å². The van der Waals surface area contributed by atoms with E-state index in [4.69, 9.17) is 5.26 Å². The van der Waals surface area contributed by atoms with E-state index in [1.807, 2.05) is 43.3 Å². The minimum atomic E-state index is -3.30. The second-order valence-electron chi connectivity index (χ2n) is 6.06. The van der Waals surface area contributed by atoms with Crippen molar-refractivity contribution in [3.63, 3.8) is 0 Å². The number of rotatable bonds is 8. The maximum absolute atomic E-state index is 12.1. The second kappa shape index (κ2) is 8.84. The summed E-state index contributed by atoms with van der Waals surface area (Å²) >= 11 is 0. The van der Waals surface area contributed by atoms with Crippen LogP contribution in [0.1, 0.15) is 29.7 Å². The molecule has 0 radical (unpaired) electrons. The molecular weight excluding hydrogens is 335 g/mol. The molecule has 0 saturated carbocycles. The van der Waals surface area contributed by atoms with Gasteiger partial charge in [0.25, 0.3) is 7.72 Å². The van der Waals surface area contributed by atoms with E-state index in [-0.39, 0.29) is 30.7 Å². The molecule has 0 amide bonds. The Kier molecular flexibility index (Phi) is 6.81. The molecule has 2 aromatic rings. The van der Waals surface area contributed by atoms with Gasteiger partial charge in [-0.25, -0.2) is 9.79 Å². The molecule has 0 heterocycles. The van der Waals surface area contributed by atoms with Gasteiger partial charge < -0.3 is 5.32 Å². The highest BCUT2D eigenvalue weighted by Gasteiger charge is 2.36. The molecule has 2 rings (SSSR count). The summed E-state index contributed by atoms with van der Waals surface area (Å²) < 4.78 is 0. The van der Waals surface area contributed by atoms with Crippen LogP contribution in [0, 0.1) is 11.3 Å². The summed E-state index contributed by atoms with van der Waals surface area (Å²) in [5, 5.41) is 12.0. The lowest BCUT2D eigenvalue weighted by Gasteiger charge is -2.15. The first-order valence-electron chi connectivity index (χ1n) is 8.01. The first-order valence-corrected chi connectivity index (χ1v) is 10.1. The third-order valence-electron chi connectivity index (χ3n) is 3.83. The molecule has 3 N–H and O–H groups in total. The molecule has 0 aliphatic heterocycles. The summed E-state index contributed by atoms with van der Waals surface area (Å²) in [6.07, 6.45) is -0.126. The van der Waals surface area contributed by atoms with E-state index in [1.165, 1.54) is 0 Å². The number of nitrogens with zero attached hydrogens (tertiary/aromatic N) is 1. The number of Topliss-reactive ketones (excluding diaryl/α,β-unsaturated/α-hetero) is 1. The Labute approximate surface area is 148 Å². The van der Waals surface area contributed by atoms with Gasteiger partial charge in [-0.3, -0.25) is 4.79 Å². The number of benzene rings is 2. The summed E-state index contributed by atoms with van der Waals surface area (Å²) in [5.41, 5.74) is 2.28. The van der Waals surface area contributed by atoms with E-state index in [0.29, 0.717) is 5.56 Å². The zero-order chi connectivity index (χ0) is 18.3. The van der Waals surface area contributed by atoms with Gasteiger partial charge in [-0.15, -0.1) is 0 Å². The molecule has 6 heteroatoms. The summed E-state index contributed by atoms with van der Waals surface area (Å²) in [7, 11) is -3.30. The number of nitrogens with one attached hydrogen (secondary N) is 1. The number of carbonyl (C=O) groups is 1. The van der Waals surface area contributed by atoms with Crippen molar-refractivity contribution in [1.29, 1.82) is 5.26 Å². The quantitative estimate of drug-likeness (QED) is 0.632. The third kappa shape index (κ3) is 6.38. The monoisotopic (exact) mass is 357 g/mol. The molecule has 0 spiro atoms. The van der Waals surface area contributed by atoms with Gasteiger partial charge in [0, 0.05) is 6.04 Å². The Morgan fingerprint density at radius 3 is 2.60 bits per heavy atom. The Bertz CT molecular complexity index is 757. The minimum absolute atomic E-state index is 0.0512. The molecule has 0 bridgehead atoms. The van der Waals surface area contributed by atoms with Crippen molar-refractivity contribution in [1.82, 2.24) is 5.32 Å². The van der Waals surface area contributed by atoms with E-state index in [9.17, 15) is 14.6 Å². The van der Waals surface area contributed by atoms with E-state index >= 15 is 0 Å². The minimum Gasteiger partial charge on any atom is -0.303 e. The molecular formula is C19H22N2O3P+. The number of carbonyl (C=O) groups excluding carboxylic acids is 1. The fourth-order valence-electron chi connectivity index (χ4n) is 2.53. The SMILES string of the molecule is CC(NCC(=O)C[P+](O)(O)Cc1ccccc1)c1cccc(C#N)c1. The predicted octanol–water partition coefficient (Wildman–Crippen LogP) is 2.81. The van der Waals surface area contributed by atoms with Gasteiger partial charge in [-0.2, -0.15) is 5.26 Å². The summed E-state index contributed by atoms with van der Waals surface area (Å²) in [5.74, 6) is -0.238. The molecule has 1 unspecified atom stereocenters. The zero-order valence-electron chi connectivity index (χ0n) is 14.1. The molecule has 2 aromatic carbocycles. The normalized spacial score (nSPS) is 12.4. The summed E-state index contributed by atoms with van der Waals surface area (Å²) in [6.45, 7) is 1.95. The third-order valence-corrected chi connectivity index (χ3v) is 5.56. The molecule has 0 aromatic heterocycles. The fourth-order valence-corrected chi connectivity index (χ4v) is 4.12. The molecule has 0 saturated heterocycles. The Balaban J connectivity index is 1.86. The van der Waals surface area contributed by atoms with E-state index in [2.05, 4.69) is 11.4 Å². The topological polar surface area (TPSA) is 93.3 Å². The Morgan fingerprint density at radius 1 is 1.20 bits per heavy atom. The lowest BCUT2D eigenvalue weighted by Crippen LogP contribution is -2.28. The van der Waals surface area contributed by atoms with Crippen LogP contribution in [0.15, 0.2) is 54.6 Å². The van der Waals surface area contributed by atoms with Gasteiger partial charge >= 0.3 is 0 Å². The largest absolute Gasteiger partial charge is 0.303 e. The fraction of sp³-hybridized carbons (Fsp3) is 0.263. The second-order valence-corrected chi connectivity index (χ2v) is 8.45. The summed E-state index contributed by atoms with van der Waals surface area (Å²) in [6, 6.07) is 18.3. The smallest absolute Gasteiger partial charge is 0.279 e. The van der Waals surface area contributed by atoms with E-state index in [1.54, 1.807) is 18.2 Å². The number of nitriles is 1. The standard InChI is InChI=1S/C19H22N2O3P/c1-15(18-9-5-8-17(10-18)11-20)21-12-19(22)14-25(23,24)13-16-6-3-2-4-7-16/h2-10,15,21,23-24H,12-14H2,1H3/q+1. The van der Waals surface area contributed by atoms with Crippen molar-refractivity contribution in [2.24, 2.45) is 0 Å². The van der Waals surface area contributed by atoms with Crippen LogP contribution in [0.3, 0.4) is 0 Å². The lowest BCUT2D eigenvalue weighted by molar-refractivity contribution is -0.116. The van der Waals surface area contributed by atoms with Gasteiger partial charge in [-0.1, -0.05) is 42.5 Å². The average Bonchev–Trinajstić information content (AvgIpc) is 2.59. The Morgan fingerprint density at radius 2 is 1.92 bits per heavy atom. The first-order chi connectivity index (χ1) is 11.9. The van der Waals surface area contributed by atoms with Crippen LogP contribution in [-0.2, 0) is 11.0 Å². The van der Waals surface area contributed by atoms with Crippen molar-refractivity contribution in [2.75, 3.05) is 12.7 Å². The van der Waals surface area contributed by atoms with Gasteiger partial charge in [0.05, 0.1) is 18.2 Å². The first kappa shape index (κ1) is 19.2. The molecule has 130 valence electrons. The van der Waals surface area contributed by atoms with Gasteiger partial charge in [0.1, 0.15) is 6.16 Å². The highest BCUT2D eigenvalue weighted by atomic mass is 31.2. The maximum Gasteiger partial charge on any atom is 0.279 e. The van der Waals surface area contributed by atoms with Gasteiger partial charge in [0.2, 0.25) is 0 Å². The van der Waals surface area contributed by atoms with E-state index < -0.39 is 7.72 Å². The van der Waals surface area contributed by atoms with Crippen molar-refractivity contribution in [3.8, 4) is 6.07 Å². The number of ketones is 1. The van der Waals surface area contributed by atoms with Crippen molar-refractivity contribution in [3.05, 3.63) is 71.3 Å². The highest BCUT2D eigenvalue weighted by molar-refractivity contribution is 7.64.